The summed E-state index contributed by atoms with van der Waals surface area (Å²) in [5, 5.41) is 6.63. The monoisotopic (exact) mass is 376 g/mol. The van der Waals surface area contributed by atoms with Gasteiger partial charge in [-0.2, -0.15) is 0 Å². The van der Waals surface area contributed by atoms with Gasteiger partial charge in [0.05, 0.1) is 11.4 Å². The first-order valence-corrected chi connectivity index (χ1v) is 9.67. The Morgan fingerprint density at radius 3 is 2.69 bits per heavy atom. The Kier molecular flexibility index (Phi) is 8.21. The van der Waals surface area contributed by atoms with Crippen molar-refractivity contribution in [1.29, 1.82) is 0 Å². The Balaban J connectivity index is 1.53. The van der Waals surface area contributed by atoms with Crippen LogP contribution in [0, 0.1) is 13.8 Å². The molecule has 0 aliphatic heterocycles. The van der Waals surface area contributed by atoms with E-state index in [-0.39, 0.29) is 18.3 Å². The molecule has 1 heterocycles. The van der Waals surface area contributed by atoms with Gasteiger partial charge in [-0.25, -0.2) is 0 Å². The summed E-state index contributed by atoms with van der Waals surface area (Å²) in [7, 11) is 0. The van der Waals surface area contributed by atoms with Gasteiger partial charge in [-0.05, 0) is 32.3 Å². The fraction of sp³-hybridized carbons (Fsp3) is 0.421. The normalized spacial score (nSPS) is 10.5. The number of ether oxygens (including phenoxy) is 1. The average Bonchev–Trinajstić information content (AvgIpc) is 2.96. The average molecular weight is 376 g/mol. The third-order valence-corrected chi connectivity index (χ3v) is 4.75. The van der Waals surface area contributed by atoms with Gasteiger partial charge >= 0.3 is 5.97 Å². The molecule has 0 aliphatic rings. The van der Waals surface area contributed by atoms with Crippen LogP contribution in [0.5, 0.6) is 0 Å². The lowest BCUT2D eigenvalue weighted by Gasteiger charge is -2.07. The fourth-order valence-electron chi connectivity index (χ4n) is 2.35. The lowest BCUT2D eigenvalue weighted by Crippen LogP contribution is -2.30. The quantitative estimate of drug-likeness (QED) is 0.507. The summed E-state index contributed by atoms with van der Waals surface area (Å²) in [6.07, 6.45) is 1.75. The van der Waals surface area contributed by atoms with Gasteiger partial charge in [0.1, 0.15) is 5.76 Å². The lowest BCUT2D eigenvalue weighted by atomic mass is 10.1. The molecule has 0 saturated heterocycles. The minimum Gasteiger partial charge on any atom is -0.455 e. The van der Waals surface area contributed by atoms with Crippen molar-refractivity contribution in [3.63, 3.8) is 0 Å². The molecule has 1 N–H and O–H groups in total. The first-order valence-electron chi connectivity index (χ1n) is 8.52. The molecule has 6 nitrogen and oxygen atoms in total. The van der Waals surface area contributed by atoms with Gasteiger partial charge in [0.15, 0.2) is 6.61 Å². The Bertz CT molecular complexity index is 696. The van der Waals surface area contributed by atoms with Gasteiger partial charge in [-0.15, -0.1) is 11.8 Å². The molecule has 0 fully saturated rings. The van der Waals surface area contributed by atoms with E-state index in [4.69, 9.17) is 9.26 Å². The molecule has 1 aromatic heterocycles. The van der Waals surface area contributed by atoms with E-state index in [2.05, 4.69) is 22.6 Å². The second-order valence-corrected chi connectivity index (χ2v) is 6.88. The molecule has 0 bridgehead atoms. The number of aromatic nitrogens is 1. The van der Waals surface area contributed by atoms with Crippen molar-refractivity contribution in [3.05, 3.63) is 52.9 Å². The van der Waals surface area contributed by atoms with Crippen LogP contribution in [-0.4, -0.2) is 35.9 Å². The Labute approximate surface area is 157 Å². The van der Waals surface area contributed by atoms with E-state index in [9.17, 15) is 9.59 Å². The van der Waals surface area contributed by atoms with Gasteiger partial charge in [-0.3, -0.25) is 9.59 Å². The van der Waals surface area contributed by atoms with Crippen molar-refractivity contribution in [2.75, 3.05) is 18.9 Å². The maximum absolute atomic E-state index is 11.7. The first-order chi connectivity index (χ1) is 12.6. The number of aryl methyl sites for hydroxylation is 3. The molecule has 0 saturated carbocycles. The summed E-state index contributed by atoms with van der Waals surface area (Å²) in [6, 6.07) is 10.1. The minimum atomic E-state index is -0.402. The van der Waals surface area contributed by atoms with Crippen molar-refractivity contribution in [2.24, 2.45) is 0 Å². The molecule has 2 rings (SSSR count). The van der Waals surface area contributed by atoms with Gasteiger partial charge < -0.3 is 14.6 Å². The Hall–Kier alpha value is -2.28. The number of esters is 1. The molecule has 2 aromatic rings. The van der Waals surface area contributed by atoms with Gasteiger partial charge in [0.2, 0.25) is 0 Å². The van der Waals surface area contributed by atoms with Crippen LogP contribution in [0.25, 0.3) is 0 Å². The zero-order valence-corrected chi connectivity index (χ0v) is 15.9. The largest absolute Gasteiger partial charge is 0.455 e. The van der Waals surface area contributed by atoms with E-state index in [1.165, 1.54) is 17.3 Å². The zero-order valence-electron chi connectivity index (χ0n) is 15.1. The number of carbonyl (C=O) groups is 2. The molecular weight excluding hydrogens is 352 g/mol. The summed E-state index contributed by atoms with van der Waals surface area (Å²) in [5.74, 6) is 0.898. The van der Waals surface area contributed by atoms with Crippen molar-refractivity contribution >= 4 is 23.6 Å². The standard InChI is InChI=1S/C19H24N2O4S/c1-14-17(15(2)25-21-14)12-26-13-19(23)24-11-18(22)20-10-6-9-16-7-4-3-5-8-16/h3-5,7-8H,6,9-13H2,1-2H3,(H,20,22). The third-order valence-electron chi connectivity index (χ3n) is 3.82. The third kappa shape index (κ3) is 6.92. The van der Waals surface area contributed by atoms with E-state index in [0.29, 0.717) is 12.3 Å². The van der Waals surface area contributed by atoms with Gasteiger partial charge in [0.25, 0.3) is 5.91 Å². The number of rotatable bonds is 10. The minimum absolute atomic E-state index is 0.186. The summed E-state index contributed by atoms with van der Waals surface area (Å²) in [6.45, 7) is 4.03. The fourth-order valence-corrected chi connectivity index (χ4v) is 3.32. The van der Waals surface area contributed by atoms with E-state index in [0.717, 1.165) is 29.9 Å². The first kappa shape index (κ1) is 20.0. The van der Waals surface area contributed by atoms with E-state index < -0.39 is 5.97 Å². The van der Waals surface area contributed by atoms with E-state index >= 15 is 0 Å². The van der Waals surface area contributed by atoms with Crippen molar-refractivity contribution in [2.45, 2.75) is 32.4 Å². The lowest BCUT2D eigenvalue weighted by molar-refractivity contribution is -0.145. The number of hydrogen-bond donors (Lipinski definition) is 1. The molecule has 0 aliphatic carbocycles. The maximum Gasteiger partial charge on any atom is 0.316 e. The summed E-state index contributed by atoms with van der Waals surface area (Å²) >= 11 is 1.41. The second-order valence-electron chi connectivity index (χ2n) is 5.90. The summed E-state index contributed by atoms with van der Waals surface area (Å²) in [5.41, 5.74) is 3.07. The molecule has 0 radical (unpaired) electrons. The molecule has 7 heteroatoms. The smallest absolute Gasteiger partial charge is 0.316 e. The molecule has 0 atom stereocenters. The maximum atomic E-state index is 11.7. The highest BCUT2D eigenvalue weighted by Gasteiger charge is 2.11. The van der Waals surface area contributed by atoms with Crippen LogP contribution < -0.4 is 5.32 Å². The van der Waals surface area contributed by atoms with Crippen LogP contribution in [0.2, 0.25) is 0 Å². The predicted molar refractivity (Wildman–Crippen MR) is 101 cm³/mol. The molecule has 140 valence electrons. The predicted octanol–water partition coefficient (Wildman–Crippen LogP) is 2.82. The number of hydrogen-bond acceptors (Lipinski definition) is 6. The molecule has 1 amide bonds. The van der Waals surface area contributed by atoms with Crippen LogP contribution in [-0.2, 0) is 26.5 Å². The highest BCUT2D eigenvalue weighted by atomic mass is 32.2. The molecule has 1 aromatic carbocycles. The second kappa shape index (κ2) is 10.7. The highest BCUT2D eigenvalue weighted by molar-refractivity contribution is 7.99. The Morgan fingerprint density at radius 2 is 2.00 bits per heavy atom. The molecule has 26 heavy (non-hydrogen) atoms. The van der Waals surface area contributed by atoms with Crippen LogP contribution in [0.4, 0.5) is 0 Å². The number of benzene rings is 1. The van der Waals surface area contributed by atoms with Crippen molar-refractivity contribution in [3.8, 4) is 0 Å². The molecular formula is C19H24N2O4S. The highest BCUT2D eigenvalue weighted by Crippen LogP contribution is 2.19. The number of thioether (sulfide) groups is 1. The van der Waals surface area contributed by atoms with E-state index in [1.54, 1.807) is 0 Å². The van der Waals surface area contributed by atoms with Crippen LogP contribution >= 0.6 is 11.8 Å². The van der Waals surface area contributed by atoms with Crippen LogP contribution in [0.15, 0.2) is 34.9 Å². The summed E-state index contributed by atoms with van der Waals surface area (Å²) in [4.78, 5) is 23.4. The Morgan fingerprint density at radius 1 is 1.23 bits per heavy atom. The number of nitrogens with one attached hydrogen (secondary N) is 1. The zero-order chi connectivity index (χ0) is 18.8. The summed E-state index contributed by atoms with van der Waals surface area (Å²) < 4.78 is 10.1. The SMILES string of the molecule is Cc1noc(C)c1CSCC(=O)OCC(=O)NCCCc1ccccc1. The topological polar surface area (TPSA) is 81.4 Å². The molecule has 0 spiro atoms. The van der Waals surface area contributed by atoms with Gasteiger partial charge in [-0.1, -0.05) is 35.5 Å². The molecule has 0 unspecified atom stereocenters. The number of amides is 1. The number of nitrogens with zero attached hydrogens (tertiary/aromatic N) is 1. The number of carbonyl (C=O) groups excluding carboxylic acids is 2. The van der Waals surface area contributed by atoms with Crippen LogP contribution in [0.1, 0.15) is 29.0 Å². The van der Waals surface area contributed by atoms with E-state index in [1.807, 2.05) is 32.0 Å². The van der Waals surface area contributed by atoms with Gasteiger partial charge in [0, 0.05) is 17.9 Å². The van der Waals surface area contributed by atoms with Crippen molar-refractivity contribution in [1.82, 2.24) is 10.5 Å². The van der Waals surface area contributed by atoms with Crippen LogP contribution in [0.3, 0.4) is 0 Å². The van der Waals surface area contributed by atoms with Crippen molar-refractivity contribution < 1.29 is 18.8 Å².